The summed E-state index contributed by atoms with van der Waals surface area (Å²) in [5.74, 6) is -1.23. The predicted octanol–water partition coefficient (Wildman–Crippen LogP) is -0.745. The summed E-state index contributed by atoms with van der Waals surface area (Å²) in [6.07, 6.45) is 4.51. The number of allylic oxidation sites excluding steroid dienone is 2. The number of hydrogen-bond acceptors (Lipinski definition) is 3. The van der Waals surface area contributed by atoms with E-state index >= 15 is 0 Å². The van der Waals surface area contributed by atoms with E-state index in [1.165, 1.54) is 18.2 Å². The van der Waals surface area contributed by atoms with E-state index in [0.717, 1.165) is 0 Å². The summed E-state index contributed by atoms with van der Waals surface area (Å²) >= 11 is 0. The van der Waals surface area contributed by atoms with Crippen molar-refractivity contribution >= 4 is 5.97 Å². The summed E-state index contributed by atoms with van der Waals surface area (Å²) in [7, 11) is 0. The van der Waals surface area contributed by atoms with Crippen LogP contribution in [0.4, 0.5) is 0 Å². The van der Waals surface area contributed by atoms with Gasteiger partial charge in [-0.1, -0.05) is 24.3 Å². The van der Waals surface area contributed by atoms with E-state index in [1.54, 1.807) is 6.08 Å². The quantitative estimate of drug-likeness (QED) is 0.465. The minimum absolute atomic E-state index is 1.15. The maximum Gasteiger partial charge on any atom is 0.330 e. The number of aliphatic carboxylic acids is 1. The van der Waals surface area contributed by atoms with Gasteiger partial charge in [0, 0.05) is 0 Å². The number of hydrogen-bond donors (Lipinski definition) is 3. The van der Waals surface area contributed by atoms with E-state index in [4.69, 9.17) is 15.9 Å². The standard InChI is InChI=1S/C7H9NO3/c8-7(6(10)11)4-2-1-3-5(7)9/h1-5,9H,8H2,(H,10,11). The Morgan fingerprint density at radius 1 is 1.55 bits per heavy atom. The molecule has 2 atom stereocenters. The molecule has 1 rings (SSSR count). The van der Waals surface area contributed by atoms with Crippen molar-refractivity contribution in [3.8, 4) is 0 Å². The number of nitrogens with two attached hydrogens (primary N) is 1. The maximum absolute atomic E-state index is 10.5. The molecular formula is C7H9NO3. The normalized spacial score (nSPS) is 35.6. The Kier molecular flexibility index (Phi) is 1.80. The molecule has 0 amide bonds. The SMILES string of the molecule is NC1(C(=O)O)C=CC=CC1O. The van der Waals surface area contributed by atoms with Crippen LogP contribution in [0, 0.1) is 0 Å². The molecule has 0 fully saturated rings. The van der Waals surface area contributed by atoms with Crippen molar-refractivity contribution in [1.29, 1.82) is 0 Å². The molecule has 0 aromatic rings. The lowest BCUT2D eigenvalue weighted by molar-refractivity contribution is -0.144. The number of carbonyl (C=O) groups is 1. The van der Waals surface area contributed by atoms with Crippen LogP contribution >= 0.6 is 0 Å². The molecule has 0 saturated carbocycles. The summed E-state index contributed by atoms with van der Waals surface area (Å²) < 4.78 is 0. The molecule has 2 unspecified atom stereocenters. The smallest absolute Gasteiger partial charge is 0.330 e. The molecule has 4 heteroatoms. The second-order valence-electron chi connectivity index (χ2n) is 2.43. The van der Waals surface area contributed by atoms with Crippen LogP contribution < -0.4 is 5.73 Å². The Hall–Kier alpha value is -1.13. The first-order valence-electron chi connectivity index (χ1n) is 3.14. The van der Waals surface area contributed by atoms with E-state index < -0.39 is 17.6 Å². The molecule has 1 aliphatic rings. The average molecular weight is 155 g/mol. The highest BCUT2D eigenvalue weighted by molar-refractivity contribution is 5.83. The lowest BCUT2D eigenvalue weighted by Crippen LogP contribution is -2.55. The van der Waals surface area contributed by atoms with E-state index in [0.29, 0.717) is 0 Å². The fourth-order valence-electron chi connectivity index (χ4n) is 0.840. The van der Waals surface area contributed by atoms with Gasteiger partial charge in [0.05, 0.1) is 0 Å². The molecule has 0 bridgehead atoms. The van der Waals surface area contributed by atoms with Crippen molar-refractivity contribution in [2.45, 2.75) is 11.6 Å². The van der Waals surface area contributed by atoms with Crippen molar-refractivity contribution in [2.75, 3.05) is 0 Å². The van der Waals surface area contributed by atoms with Gasteiger partial charge < -0.3 is 15.9 Å². The van der Waals surface area contributed by atoms with Crippen molar-refractivity contribution in [3.63, 3.8) is 0 Å². The molecule has 11 heavy (non-hydrogen) atoms. The van der Waals surface area contributed by atoms with Gasteiger partial charge in [-0.2, -0.15) is 0 Å². The Bertz CT molecular complexity index is 234. The maximum atomic E-state index is 10.5. The summed E-state index contributed by atoms with van der Waals surface area (Å²) in [4.78, 5) is 10.5. The van der Waals surface area contributed by atoms with Crippen LogP contribution in [0.15, 0.2) is 24.3 Å². The summed E-state index contributed by atoms with van der Waals surface area (Å²) in [6.45, 7) is 0. The Morgan fingerprint density at radius 3 is 2.55 bits per heavy atom. The summed E-state index contributed by atoms with van der Waals surface area (Å²) in [5, 5.41) is 17.8. The second kappa shape index (κ2) is 2.48. The fourth-order valence-corrected chi connectivity index (χ4v) is 0.840. The fraction of sp³-hybridized carbons (Fsp3) is 0.286. The molecule has 4 nitrogen and oxygen atoms in total. The zero-order valence-corrected chi connectivity index (χ0v) is 5.77. The average Bonchev–Trinajstić information content (AvgIpc) is 1.95. The van der Waals surface area contributed by atoms with Crippen molar-refractivity contribution in [2.24, 2.45) is 5.73 Å². The Balaban J connectivity index is 2.94. The van der Waals surface area contributed by atoms with Gasteiger partial charge in [-0.05, 0) is 0 Å². The molecule has 4 N–H and O–H groups in total. The zero-order valence-electron chi connectivity index (χ0n) is 5.77. The third kappa shape index (κ3) is 1.18. The predicted molar refractivity (Wildman–Crippen MR) is 38.8 cm³/mol. The first kappa shape index (κ1) is 7.97. The second-order valence-corrected chi connectivity index (χ2v) is 2.43. The van der Waals surface area contributed by atoms with Gasteiger partial charge in [-0.15, -0.1) is 0 Å². The van der Waals surface area contributed by atoms with Crippen LogP contribution in [-0.4, -0.2) is 27.8 Å². The van der Waals surface area contributed by atoms with Gasteiger partial charge in [-0.3, -0.25) is 0 Å². The molecule has 60 valence electrons. The minimum atomic E-state index is -1.66. The molecule has 1 aliphatic carbocycles. The van der Waals surface area contributed by atoms with Gasteiger partial charge in [0.2, 0.25) is 0 Å². The van der Waals surface area contributed by atoms with Crippen molar-refractivity contribution < 1.29 is 15.0 Å². The van der Waals surface area contributed by atoms with E-state index in [1.807, 2.05) is 0 Å². The van der Waals surface area contributed by atoms with E-state index in [9.17, 15) is 4.79 Å². The van der Waals surface area contributed by atoms with E-state index in [2.05, 4.69) is 0 Å². The van der Waals surface area contributed by atoms with Gasteiger partial charge in [0.1, 0.15) is 6.10 Å². The van der Waals surface area contributed by atoms with Crippen LogP contribution in [-0.2, 0) is 4.79 Å². The van der Waals surface area contributed by atoms with Crippen molar-refractivity contribution in [3.05, 3.63) is 24.3 Å². The number of rotatable bonds is 1. The third-order valence-corrected chi connectivity index (χ3v) is 1.64. The number of carboxylic acids is 1. The largest absolute Gasteiger partial charge is 0.480 e. The van der Waals surface area contributed by atoms with Crippen LogP contribution in [0.25, 0.3) is 0 Å². The zero-order chi connectivity index (χ0) is 8.48. The van der Waals surface area contributed by atoms with Crippen molar-refractivity contribution in [1.82, 2.24) is 0 Å². The molecule has 0 spiro atoms. The first-order chi connectivity index (χ1) is 5.07. The molecule has 0 radical (unpaired) electrons. The Labute approximate surface area is 63.6 Å². The van der Waals surface area contributed by atoms with Crippen LogP contribution in [0.3, 0.4) is 0 Å². The van der Waals surface area contributed by atoms with E-state index in [-0.39, 0.29) is 0 Å². The number of aliphatic hydroxyl groups is 1. The van der Waals surface area contributed by atoms with Gasteiger partial charge in [0.15, 0.2) is 5.54 Å². The summed E-state index contributed by atoms with van der Waals surface area (Å²) in [5.41, 5.74) is 3.70. The summed E-state index contributed by atoms with van der Waals surface area (Å²) in [6, 6.07) is 0. The minimum Gasteiger partial charge on any atom is -0.480 e. The monoisotopic (exact) mass is 155 g/mol. The first-order valence-corrected chi connectivity index (χ1v) is 3.14. The molecular weight excluding hydrogens is 146 g/mol. The van der Waals surface area contributed by atoms with Gasteiger partial charge in [-0.25, -0.2) is 4.79 Å². The van der Waals surface area contributed by atoms with Crippen LogP contribution in [0.5, 0.6) is 0 Å². The highest BCUT2D eigenvalue weighted by Crippen LogP contribution is 2.15. The molecule has 0 aromatic heterocycles. The molecule has 0 saturated heterocycles. The van der Waals surface area contributed by atoms with Gasteiger partial charge in [0.25, 0.3) is 0 Å². The lowest BCUT2D eigenvalue weighted by Gasteiger charge is -2.26. The van der Waals surface area contributed by atoms with Gasteiger partial charge >= 0.3 is 5.97 Å². The molecule has 0 heterocycles. The third-order valence-electron chi connectivity index (χ3n) is 1.64. The van der Waals surface area contributed by atoms with Crippen LogP contribution in [0.1, 0.15) is 0 Å². The Morgan fingerprint density at radius 2 is 2.18 bits per heavy atom. The number of aliphatic hydroxyl groups excluding tert-OH is 1. The van der Waals surface area contributed by atoms with Crippen LogP contribution in [0.2, 0.25) is 0 Å². The topological polar surface area (TPSA) is 83.6 Å². The lowest BCUT2D eigenvalue weighted by atomic mass is 9.90. The highest BCUT2D eigenvalue weighted by atomic mass is 16.4. The molecule has 0 aromatic carbocycles. The molecule has 0 aliphatic heterocycles. The highest BCUT2D eigenvalue weighted by Gasteiger charge is 2.38. The number of carboxylic acid groups (broad SMARTS) is 1.